The summed E-state index contributed by atoms with van der Waals surface area (Å²) in [4.78, 5) is 0. The number of hydrogen-bond donors (Lipinski definition) is 1. The molecule has 2 aromatic rings. The second kappa shape index (κ2) is 6.20. The molecule has 1 aromatic heterocycles. The number of rotatable bonds is 5. The van der Waals surface area contributed by atoms with Gasteiger partial charge in [-0.3, -0.25) is 4.68 Å². The minimum absolute atomic E-state index is 0.289. The lowest BCUT2D eigenvalue weighted by molar-refractivity contribution is 0.0352. The van der Waals surface area contributed by atoms with Crippen LogP contribution in [0.1, 0.15) is 12.8 Å². The van der Waals surface area contributed by atoms with E-state index in [4.69, 9.17) is 4.74 Å². The Kier molecular flexibility index (Phi) is 4.14. The predicted octanol–water partition coefficient (Wildman–Crippen LogP) is 2.32. The van der Waals surface area contributed by atoms with Gasteiger partial charge in [-0.2, -0.15) is 5.10 Å². The molecule has 1 N–H and O–H groups in total. The minimum atomic E-state index is 0.289. The molecule has 4 nitrogen and oxygen atoms in total. The molecule has 0 bridgehead atoms. The zero-order valence-corrected chi connectivity index (χ0v) is 11.8. The number of nitrogens with one attached hydrogen (secondary N) is 1. The Labute approximate surface area is 119 Å². The fourth-order valence-electron chi connectivity index (χ4n) is 2.74. The molecule has 0 saturated carbocycles. The van der Waals surface area contributed by atoms with Crippen LogP contribution in [-0.4, -0.2) is 35.6 Å². The number of likely N-dealkylation sites (N-methyl/N-ethyl adjacent to an activating group) is 1. The van der Waals surface area contributed by atoms with Crippen molar-refractivity contribution >= 4 is 0 Å². The minimum Gasteiger partial charge on any atom is -0.372 e. The van der Waals surface area contributed by atoms with E-state index in [-0.39, 0.29) is 6.10 Å². The van der Waals surface area contributed by atoms with Crippen molar-refractivity contribution in [3.8, 4) is 11.1 Å². The third-order valence-corrected chi connectivity index (χ3v) is 3.76. The molecule has 1 saturated heterocycles. The van der Waals surface area contributed by atoms with Crippen LogP contribution in [0.15, 0.2) is 42.7 Å². The van der Waals surface area contributed by atoms with Gasteiger partial charge in [-0.1, -0.05) is 30.3 Å². The first-order valence-corrected chi connectivity index (χ1v) is 7.23. The summed E-state index contributed by atoms with van der Waals surface area (Å²) in [7, 11) is 1.97. The van der Waals surface area contributed by atoms with Crippen molar-refractivity contribution in [1.82, 2.24) is 15.1 Å². The first-order valence-electron chi connectivity index (χ1n) is 7.23. The van der Waals surface area contributed by atoms with Gasteiger partial charge in [-0.15, -0.1) is 0 Å². The van der Waals surface area contributed by atoms with Crippen molar-refractivity contribution in [3.05, 3.63) is 42.7 Å². The van der Waals surface area contributed by atoms with E-state index in [1.807, 2.05) is 24.0 Å². The molecule has 2 heterocycles. The van der Waals surface area contributed by atoms with E-state index in [0.29, 0.717) is 6.10 Å². The topological polar surface area (TPSA) is 39.1 Å². The summed E-state index contributed by atoms with van der Waals surface area (Å²) in [6.45, 7) is 1.78. The highest BCUT2D eigenvalue weighted by molar-refractivity contribution is 5.61. The Morgan fingerprint density at radius 1 is 1.20 bits per heavy atom. The number of nitrogens with zero attached hydrogens (tertiary/aromatic N) is 2. The molecule has 106 valence electrons. The van der Waals surface area contributed by atoms with Gasteiger partial charge >= 0.3 is 0 Å². The van der Waals surface area contributed by atoms with Crippen LogP contribution in [0, 0.1) is 0 Å². The molecular weight excluding hydrogens is 250 g/mol. The SMILES string of the molecule is CNCC1CCC(Cn2cc(-c3ccccc3)cn2)O1. The quantitative estimate of drug-likeness (QED) is 0.907. The van der Waals surface area contributed by atoms with Gasteiger partial charge < -0.3 is 10.1 Å². The average molecular weight is 271 g/mol. The monoisotopic (exact) mass is 271 g/mol. The summed E-state index contributed by atoms with van der Waals surface area (Å²) < 4.78 is 7.99. The lowest BCUT2D eigenvalue weighted by atomic mass is 10.1. The molecule has 0 aliphatic carbocycles. The lowest BCUT2D eigenvalue weighted by Crippen LogP contribution is -2.25. The van der Waals surface area contributed by atoms with Crippen LogP contribution < -0.4 is 5.32 Å². The van der Waals surface area contributed by atoms with Crippen molar-refractivity contribution in [2.45, 2.75) is 31.6 Å². The van der Waals surface area contributed by atoms with E-state index < -0.39 is 0 Å². The molecule has 0 radical (unpaired) electrons. The highest BCUT2D eigenvalue weighted by Crippen LogP contribution is 2.22. The van der Waals surface area contributed by atoms with E-state index in [2.05, 4.69) is 40.9 Å². The lowest BCUT2D eigenvalue weighted by Gasteiger charge is -2.13. The summed E-state index contributed by atoms with van der Waals surface area (Å²) in [5.74, 6) is 0. The zero-order valence-electron chi connectivity index (χ0n) is 11.8. The third kappa shape index (κ3) is 3.08. The molecule has 2 atom stereocenters. The molecule has 2 unspecified atom stereocenters. The molecule has 0 amide bonds. The molecule has 4 heteroatoms. The van der Waals surface area contributed by atoms with E-state index >= 15 is 0 Å². The van der Waals surface area contributed by atoms with Crippen molar-refractivity contribution in [2.24, 2.45) is 0 Å². The zero-order chi connectivity index (χ0) is 13.8. The van der Waals surface area contributed by atoms with E-state index in [1.165, 1.54) is 5.56 Å². The molecule has 1 aliphatic heterocycles. The van der Waals surface area contributed by atoms with Crippen molar-refractivity contribution in [1.29, 1.82) is 0 Å². The molecule has 1 aromatic carbocycles. The molecule has 0 spiro atoms. The van der Waals surface area contributed by atoms with Crippen LogP contribution >= 0.6 is 0 Å². The highest BCUT2D eigenvalue weighted by atomic mass is 16.5. The van der Waals surface area contributed by atoms with Gasteiger partial charge in [0.15, 0.2) is 0 Å². The van der Waals surface area contributed by atoms with Crippen LogP contribution in [0.3, 0.4) is 0 Å². The smallest absolute Gasteiger partial charge is 0.0776 e. The number of benzene rings is 1. The van der Waals surface area contributed by atoms with Gasteiger partial charge in [0.25, 0.3) is 0 Å². The van der Waals surface area contributed by atoms with Crippen molar-refractivity contribution in [2.75, 3.05) is 13.6 Å². The molecule has 3 rings (SSSR count). The summed E-state index contributed by atoms with van der Waals surface area (Å²) in [5, 5.41) is 7.62. The van der Waals surface area contributed by atoms with Crippen LogP contribution in [0.2, 0.25) is 0 Å². The first-order chi connectivity index (χ1) is 9.85. The molecule has 20 heavy (non-hydrogen) atoms. The Morgan fingerprint density at radius 2 is 2.00 bits per heavy atom. The maximum Gasteiger partial charge on any atom is 0.0776 e. The van der Waals surface area contributed by atoms with Gasteiger partial charge in [0.1, 0.15) is 0 Å². The van der Waals surface area contributed by atoms with Crippen LogP contribution in [-0.2, 0) is 11.3 Å². The first kappa shape index (κ1) is 13.3. The fourth-order valence-corrected chi connectivity index (χ4v) is 2.74. The summed E-state index contributed by atoms with van der Waals surface area (Å²) in [6.07, 6.45) is 6.93. The van der Waals surface area contributed by atoms with E-state index in [1.54, 1.807) is 0 Å². The van der Waals surface area contributed by atoms with Gasteiger partial charge in [0, 0.05) is 18.3 Å². The van der Waals surface area contributed by atoms with Crippen LogP contribution in [0.5, 0.6) is 0 Å². The second-order valence-corrected chi connectivity index (χ2v) is 5.33. The number of hydrogen-bond acceptors (Lipinski definition) is 3. The van der Waals surface area contributed by atoms with Gasteiger partial charge in [0.05, 0.1) is 24.9 Å². The molecule has 1 fully saturated rings. The third-order valence-electron chi connectivity index (χ3n) is 3.76. The maximum absolute atomic E-state index is 6.00. The largest absolute Gasteiger partial charge is 0.372 e. The average Bonchev–Trinajstić information content (AvgIpc) is 3.11. The molecular formula is C16H21N3O. The predicted molar refractivity (Wildman–Crippen MR) is 79.5 cm³/mol. The van der Waals surface area contributed by atoms with Gasteiger partial charge in [0.2, 0.25) is 0 Å². The summed E-state index contributed by atoms with van der Waals surface area (Å²) in [5.41, 5.74) is 2.37. The van der Waals surface area contributed by atoms with Crippen LogP contribution in [0.25, 0.3) is 11.1 Å². The Morgan fingerprint density at radius 3 is 2.80 bits per heavy atom. The Balaban J connectivity index is 1.61. The number of ether oxygens (including phenoxy) is 1. The fraction of sp³-hybridized carbons (Fsp3) is 0.438. The number of aromatic nitrogens is 2. The van der Waals surface area contributed by atoms with Crippen molar-refractivity contribution < 1.29 is 4.74 Å². The van der Waals surface area contributed by atoms with E-state index in [0.717, 1.165) is 31.5 Å². The summed E-state index contributed by atoms with van der Waals surface area (Å²) >= 11 is 0. The highest BCUT2D eigenvalue weighted by Gasteiger charge is 2.25. The van der Waals surface area contributed by atoms with Crippen molar-refractivity contribution in [3.63, 3.8) is 0 Å². The normalized spacial score (nSPS) is 22.2. The standard InChI is InChI=1S/C16H21N3O/c1-17-10-15-7-8-16(20-15)12-19-11-14(9-18-19)13-5-3-2-4-6-13/h2-6,9,11,15-17H,7-8,10,12H2,1H3. The Hall–Kier alpha value is -1.65. The Bertz CT molecular complexity index is 538. The molecule has 1 aliphatic rings. The van der Waals surface area contributed by atoms with Gasteiger partial charge in [-0.05, 0) is 25.5 Å². The second-order valence-electron chi connectivity index (χ2n) is 5.33. The summed E-state index contributed by atoms with van der Waals surface area (Å²) in [6, 6.07) is 10.3. The van der Waals surface area contributed by atoms with E-state index in [9.17, 15) is 0 Å². The van der Waals surface area contributed by atoms with Crippen LogP contribution in [0.4, 0.5) is 0 Å². The maximum atomic E-state index is 6.00. The van der Waals surface area contributed by atoms with Gasteiger partial charge in [-0.25, -0.2) is 0 Å².